The molecule has 5 aliphatic heterocycles. The van der Waals surface area contributed by atoms with Gasteiger partial charge in [0.2, 0.25) is 0 Å². The Morgan fingerprint density at radius 1 is 1.23 bits per heavy atom. The number of alkyl halides is 1. The average molecular weight is 682 g/mol. The summed E-state index contributed by atoms with van der Waals surface area (Å²) in [6.45, 7) is 3.88. The van der Waals surface area contributed by atoms with Crippen molar-refractivity contribution in [3.8, 4) is 29.0 Å². The Kier molecular flexibility index (Phi) is 6.58. The minimum Gasteiger partial charge on any atom is -0.489 e. The molecule has 0 radical (unpaired) electrons. The number of nitrogens with one attached hydrogen (secondary N) is 1. The van der Waals surface area contributed by atoms with Gasteiger partial charge in [-0.3, -0.25) is 4.90 Å². The molecule has 4 unspecified atom stereocenters. The minimum atomic E-state index is -0.954. The van der Waals surface area contributed by atoms with E-state index < -0.39 is 29.4 Å². The van der Waals surface area contributed by atoms with Crippen LogP contribution in [0.5, 0.6) is 11.8 Å². The maximum atomic E-state index is 17.2. The summed E-state index contributed by atoms with van der Waals surface area (Å²) in [7, 11) is 0. The van der Waals surface area contributed by atoms with E-state index in [1.165, 1.54) is 12.1 Å². The Bertz CT molecular complexity index is 2040. The zero-order valence-corrected chi connectivity index (χ0v) is 27.0. The zero-order chi connectivity index (χ0) is 32.4. The van der Waals surface area contributed by atoms with E-state index in [-0.39, 0.29) is 79.5 Å². The van der Waals surface area contributed by atoms with Crippen LogP contribution < -0.4 is 25.4 Å². The van der Waals surface area contributed by atoms with Crippen LogP contribution in [0.15, 0.2) is 12.1 Å². The van der Waals surface area contributed by atoms with Crippen LogP contribution in [0.25, 0.3) is 32.1 Å². The third kappa shape index (κ3) is 4.14. The second kappa shape index (κ2) is 10.5. The van der Waals surface area contributed by atoms with Crippen LogP contribution >= 0.6 is 22.9 Å². The summed E-state index contributed by atoms with van der Waals surface area (Å²) < 4.78 is 61.2. The van der Waals surface area contributed by atoms with Crippen LogP contribution in [0.1, 0.15) is 44.6 Å². The van der Waals surface area contributed by atoms with Gasteiger partial charge in [0.05, 0.1) is 27.6 Å². The van der Waals surface area contributed by atoms with Gasteiger partial charge in [0.15, 0.2) is 11.6 Å². The largest absolute Gasteiger partial charge is 0.489 e. The Morgan fingerprint density at radius 2 is 2.09 bits per heavy atom. The normalized spacial score (nSPS) is 28.6. The van der Waals surface area contributed by atoms with Gasteiger partial charge in [0, 0.05) is 52.8 Å². The summed E-state index contributed by atoms with van der Waals surface area (Å²) in [6, 6.07) is 4.92. The monoisotopic (exact) mass is 681 g/mol. The number of thiophene rings is 1. The lowest BCUT2D eigenvalue weighted by atomic mass is 9.88. The average Bonchev–Trinajstić information content (AvgIpc) is 3.77. The Balaban J connectivity index is 1.28. The van der Waals surface area contributed by atoms with E-state index in [1.807, 2.05) is 6.92 Å². The molecule has 4 fully saturated rings. The topological polar surface area (TPSA) is 113 Å². The quantitative estimate of drug-likeness (QED) is 0.270. The fraction of sp³-hybridized carbons (Fsp3) is 0.485. The minimum absolute atomic E-state index is 0.0467. The fourth-order valence-corrected chi connectivity index (χ4v) is 10.2. The number of nitriles is 1. The van der Waals surface area contributed by atoms with Crippen molar-refractivity contribution in [2.75, 3.05) is 36.9 Å². The number of hydrogen-bond acceptors (Lipinski definition) is 10. The highest BCUT2D eigenvalue weighted by Gasteiger charge is 2.53. The molecule has 244 valence electrons. The van der Waals surface area contributed by atoms with Crippen molar-refractivity contribution in [2.45, 2.75) is 75.0 Å². The van der Waals surface area contributed by atoms with Gasteiger partial charge < -0.3 is 25.4 Å². The van der Waals surface area contributed by atoms with Gasteiger partial charge in [-0.25, -0.2) is 13.2 Å². The summed E-state index contributed by atoms with van der Waals surface area (Å²) in [4.78, 5) is 13.8. The van der Waals surface area contributed by atoms with E-state index >= 15 is 8.78 Å². The van der Waals surface area contributed by atoms with Gasteiger partial charge in [-0.05, 0) is 51.3 Å². The van der Waals surface area contributed by atoms with Gasteiger partial charge in [-0.1, -0.05) is 11.6 Å². The maximum Gasteiger partial charge on any atom is 0.319 e. The lowest BCUT2D eigenvalue weighted by Gasteiger charge is -2.40. The molecule has 2 aromatic heterocycles. The molecule has 2 bridgehead atoms. The third-order valence-electron chi connectivity index (χ3n) is 11.1. The molecular weight excluding hydrogens is 651 g/mol. The lowest BCUT2D eigenvalue weighted by Crippen LogP contribution is -2.60. The van der Waals surface area contributed by atoms with E-state index in [1.54, 1.807) is 0 Å². The Labute approximate surface area is 277 Å². The van der Waals surface area contributed by atoms with Crippen molar-refractivity contribution in [3.05, 3.63) is 34.4 Å². The van der Waals surface area contributed by atoms with Gasteiger partial charge in [0.25, 0.3) is 0 Å². The molecule has 14 heteroatoms. The van der Waals surface area contributed by atoms with Crippen molar-refractivity contribution in [3.63, 3.8) is 0 Å². The number of piperazine rings is 1. The number of nitrogen functional groups attached to an aromatic ring is 1. The molecule has 0 aliphatic carbocycles. The van der Waals surface area contributed by atoms with Crippen LogP contribution in [0.4, 0.5) is 24.0 Å². The molecule has 3 N–H and O–H groups in total. The number of benzene rings is 2. The maximum absolute atomic E-state index is 17.2. The van der Waals surface area contributed by atoms with Crippen LogP contribution in [0, 0.1) is 23.0 Å². The second-order valence-corrected chi connectivity index (χ2v) is 14.9. The molecular formula is C33H31ClF3N7O2S. The van der Waals surface area contributed by atoms with Gasteiger partial charge in [-0.2, -0.15) is 15.2 Å². The van der Waals surface area contributed by atoms with E-state index in [0.717, 1.165) is 43.6 Å². The zero-order valence-electron chi connectivity index (χ0n) is 25.5. The highest BCUT2D eigenvalue weighted by Crippen LogP contribution is 2.52. The first-order valence-corrected chi connectivity index (χ1v) is 17.2. The summed E-state index contributed by atoms with van der Waals surface area (Å²) in [5.41, 5.74) is 5.09. The number of nitrogens with zero attached hydrogens (tertiary/aromatic N) is 5. The second-order valence-electron chi connectivity index (χ2n) is 13.4. The van der Waals surface area contributed by atoms with E-state index in [2.05, 4.69) is 26.2 Å². The SMILES string of the molecule is CC(Oc1nc2c3c(c(Cl)c(-c4c(F)ccc5sc(N)c(C#N)c45)c(F)c3n1)OCC1C3CCC(CN21)N3)[C@@]12CCCN1C[C@H](F)C2. The lowest BCUT2D eigenvalue weighted by molar-refractivity contribution is 0.0402. The van der Waals surface area contributed by atoms with E-state index in [9.17, 15) is 9.65 Å². The number of hydrogen-bond donors (Lipinski definition) is 2. The smallest absolute Gasteiger partial charge is 0.319 e. The van der Waals surface area contributed by atoms with E-state index in [4.69, 9.17) is 31.8 Å². The van der Waals surface area contributed by atoms with Gasteiger partial charge >= 0.3 is 6.01 Å². The Morgan fingerprint density at radius 3 is 2.91 bits per heavy atom. The number of aromatic nitrogens is 2. The molecule has 9 nitrogen and oxygen atoms in total. The molecule has 0 saturated carbocycles. The third-order valence-corrected chi connectivity index (χ3v) is 12.4. The first-order chi connectivity index (χ1) is 22.7. The predicted octanol–water partition coefficient (Wildman–Crippen LogP) is 5.94. The highest BCUT2D eigenvalue weighted by atomic mass is 35.5. The number of nitrogens with two attached hydrogens (primary N) is 1. The molecule has 4 saturated heterocycles. The summed E-state index contributed by atoms with van der Waals surface area (Å²) in [6.07, 6.45) is 2.55. The predicted molar refractivity (Wildman–Crippen MR) is 174 cm³/mol. The molecule has 47 heavy (non-hydrogen) atoms. The van der Waals surface area contributed by atoms with Crippen molar-refractivity contribution in [1.29, 1.82) is 5.26 Å². The van der Waals surface area contributed by atoms with Crippen LogP contribution in [0.3, 0.4) is 0 Å². The number of fused-ring (bicyclic) bond motifs is 7. The Hall–Kier alpha value is -3.57. The van der Waals surface area contributed by atoms with Crippen molar-refractivity contribution < 1.29 is 22.6 Å². The molecule has 5 aliphatic rings. The molecule has 0 spiro atoms. The number of rotatable bonds is 4. The van der Waals surface area contributed by atoms with Crippen LogP contribution in [0.2, 0.25) is 5.02 Å². The van der Waals surface area contributed by atoms with Gasteiger partial charge in [0.1, 0.15) is 47.1 Å². The van der Waals surface area contributed by atoms with Crippen LogP contribution in [-0.4, -0.2) is 77.0 Å². The van der Waals surface area contributed by atoms with Crippen molar-refractivity contribution >= 4 is 54.7 Å². The molecule has 0 amide bonds. The van der Waals surface area contributed by atoms with Crippen molar-refractivity contribution in [2.24, 2.45) is 0 Å². The summed E-state index contributed by atoms with van der Waals surface area (Å²) in [5, 5.41) is 14.1. The molecule has 9 rings (SSSR count). The molecule has 6 atom stereocenters. The molecule has 2 aromatic carbocycles. The summed E-state index contributed by atoms with van der Waals surface area (Å²) >= 11 is 8.15. The van der Waals surface area contributed by atoms with E-state index in [0.29, 0.717) is 30.0 Å². The van der Waals surface area contributed by atoms with Crippen LogP contribution in [-0.2, 0) is 0 Å². The molecule has 7 heterocycles. The van der Waals surface area contributed by atoms with Crippen molar-refractivity contribution in [1.82, 2.24) is 20.2 Å². The first kappa shape index (κ1) is 29.6. The molecule has 4 aromatic rings. The number of anilines is 2. The standard InChI is InChI=1S/C33H31ClF3N7O2S/c1-14(33-7-2-8-43(33)11-15(35)9-33)46-32-41-28-25-29(45-13-20-19-5-3-16(40-19)12-44(20)31(25)42-32)26(34)24(27(28)37)23-18(36)4-6-21-22(23)17(10-38)30(39)47-21/h4,6,14-16,19-20,40H,2-3,5,7-9,11-13,39H2,1H3/t14?,15-,16?,19?,20?,33+/m1/s1. The highest BCUT2D eigenvalue weighted by molar-refractivity contribution is 7.23. The fourth-order valence-electron chi connectivity index (χ4n) is 8.94. The van der Waals surface area contributed by atoms with Gasteiger partial charge in [-0.15, -0.1) is 11.3 Å². The number of ether oxygens (including phenoxy) is 2. The number of halogens is 4. The first-order valence-electron chi connectivity index (χ1n) is 16.0. The summed E-state index contributed by atoms with van der Waals surface area (Å²) in [5.74, 6) is -1.08.